The molecule has 1 fully saturated rings. The third-order valence-corrected chi connectivity index (χ3v) is 8.52. The standard InChI is InChI=1S/C23H23N3O5S2/c1-2-22(28)24-17-12-18(14-27)26(13-17)33(30,31)19-9-7-16(8-10-19)25-23(29)21-11-15-5-3-4-6-20(15)32-21/h2-11,17-18,27H,1,12-14H2,(H,24,28)(H,25,29). The Morgan fingerprint density at radius 3 is 2.58 bits per heavy atom. The molecule has 1 aromatic heterocycles. The van der Waals surface area contributed by atoms with Crippen LogP contribution in [0.2, 0.25) is 0 Å². The van der Waals surface area contributed by atoms with Crippen molar-refractivity contribution in [2.75, 3.05) is 18.5 Å². The fraction of sp³-hybridized carbons (Fsp3) is 0.217. The number of carbonyl (C=O) groups is 2. The number of carbonyl (C=O) groups excluding carboxylic acids is 2. The molecule has 2 amide bonds. The molecule has 3 N–H and O–H groups in total. The summed E-state index contributed by atoms with van der Waals surface area (Å²) in [6.45, 7) is 3.09. The van der Waals surface area contributed by atoms with Crippen molar-refractivity contribution < 1.29 is 23.1 Å². The molecule has 3 aromatic rings. The number of nitrogens with zero attached hydrogens (tertiary/aromatic N) is 1. The van der Waals surface area contributed by atoms with E-state index in [0.29, 0.717) is 17.0 Å². The van der Waals surface area contributed by atoms with Crippen LogP contribution in [0.25, 0.3) is 10.1 Å². The van der Waals surface area contributed by atoms with Crippen molar-refractivity contribution >= 4 is 48.9 Å². The highest BCUT2D eigenvalue weighted by Crippen LogP contribution is 2.28. The van der Waals surface area contributed by atoms with E-state index in [4.69, 9.17) is 0 Å². The van der Waals surface area contributed by atoms with Gasteiger partial charge in [0.1, 0.15) is 0 Å². The van der Waals surface area contributed by atoms with E-state index in [-0.39, 0.29) is 24.0 Å². The number of hydrogen-bond donors (Lipinski definition) is 3. The second-order valence-corrected chi connectivity index (χ2v) is 10.7. The minimum Gasteiger partial charge on any atom is -0.395 e. The van der Waals surface area contributed by atoms with Gasteiger partial charge in [0.25, 0.3) is 5.91 Å². The zero-order valence-corrected chi connectivity index (χ0v) is 19.2. The molecule has 2 aromatic carbocycles. The van der Waals surface area contributed by atoms with Crippen molar-refractivity contribution in [3.63, 3.8) is 0 Å². The summed E-state index contributed by atoms with van der Waals surface area (Å²) in [6.07, 6.45) is 1.43. The highest BCUT2D eigenvalue weighted by atomic mass is 32.2. The van der Waals surface area contributed by atoms with Crippen LogP contribution < -0.4 is 10.6 Å². The predicted octanol–water partition coefficient (Wildman–Crippen LogP) is 2.58. The lowest BCUT2D eigenvalue weighted by molar-refractivity contribution is -0.117. The zero-order valence-electron chi connectivity index (χ0n) is 17.6. The monoisotopic (exact) mass is 485 g/mol. The minimum absolute atomic E-state index is 0.0384. The van der Waals surface area contributed by atoms with Crippen LogP contribution in [0.4, 0.5) is 5.69 Å². The second kappa shape index (κ2) is 9.44. The van der Waals surface area contributed by atoms with E-state index < -0.39 is 28.0 Å². The normalized spacial score (nSPS) is 18.8. The van der Waals surface area contributed by atoms with Crippen molar-refractivity contribution in [2.45, 2.75) is 23.4 Å². The lowest BCUT2D eigenvalue weighted by atomic mass is 10.2. The quantitative estimate of drug-likeness (QED) is 0.445. The SMILES string of the molecule is C=CC(=O)NC1CC(CO)N(S(=O)(=O)c2ccc(NC(=O)c3cc4ccccc4s3)cc2)C1. The molecule has 10 heteroatoms. The summed E-state index contributed by atoms with van der Waals surface area (Å²) in [4.78, 5) is 24.8. The van der Waals surface area contributed by atoms with Crippen LogP contribution in [0.5, 0.6) is 0 Å². The number of nitrogens with one attached hydrogen (secondary N) is 2. The van der Waals surface area contributed by atoms with Gasteiger partial charge in [-0.2, -0.15) is 4.31 Å². The molecule has 2 heterocycles. The van der Waals surface area contributed by atoms with E-state index in [1.807, 2.05) is 30.3 Å². The summed E-state index contributed by atoms with van der Waals surface area (Å²) in [7, 11) is -3.90. The van der Waals surface area contributed by atoms with E-state index in [1.165, 1.54) is 39.9 Å². The highest BCUT2D eigenvalue weighted by Gasteiger charge is 2.40. The maximum atomic E-state index is 13.2. The van der Waals surface area contributed by atoms with Crippen molar-refractivity contribution in [3.8, 4) is 0 Å². The van der Waals surface area contributed by atoms with Gasteiger partial charge < -0.3 is 15.7 Å². The average Bonchev–Trinajstić information content (AvgIpc) is 3.43. The van der Waals surface area contributed by atoms with Crippen LogP contribution in [0.1, 0.15) is 16.1 Å². The lowest BCUT2D eigenvalue weighted by Crippen LogP contribution is -2.39. The summed E-state index contributed by atoms with van der Waals surface area (Å²) in [5, 5.41) is 16.1. The van der Waals surface area contributed by atoms with E-state index in [2.05, 4.69) is 17.2 Å². The Hall–Kier alpha value is -3.05. The van der Waals surface area contributed by atoms with Crippen LogP contribution >= 0.6 is 11.3 Å². The number of fused-ring (bicyclic) bond motifs is 1. The number of thiophene rings is 1. The molecular formula is C23H23N3O5S2. The van der Waals surface area contributed by atoms with Crippen LogP contribution in [-0.4, -0.2) is 54.9 Å². The first kappa shape index (κ1) is 23.1. The number of benzene rings is 2. The van der Waals surface area contributed by atoms with Crippen molar-refractivity contribution in [3.05, 3.63) is 72.1 Å². The summed E-state index contributed by atoms with van der Waals surface area (Å²) >= 11 is 1.38. The fourth-order valence-corrected chi connectivity index (χ4v) is 6.47. The minimum atomic E-state index is -3.90. The van der Waals surface area contributed by atoms with Crippen molar-refractivity contribution in [1.29, 1.82) is 0 Å². The number of anilines is 1. The van der Waals surface area contributed by atoms with Gasteiger partial charge in [0.05, 0.1) is 22.4 Å². The molecule has 0 spiro atoms. The lowest BCUT2D eigenvalue weighted by Gasteiger charge is -2.22. The van der Waals surface area contributed by atoms with Crippen LogP contribution in [0.3, 0.4) is 0 Å². The Bertz CT molecular complexity index is 1270. The van der Waals surface area contributed by atoms with Gasteiger partial charge in [-0.1, -0.05) is 24.8 Å². The van der Waals surface area contributed by atoms with Gasteiger partial charge in [-0.15, -0.1) is 11.3 Å². The van der Waals surface area contributed by atoms with Crippen molar-refractivity contribution in [2.24, 2.45) is 0 Å². The van der Waals surface area contributed by atoms with Gasteiger partial charge in [0.2, 0.25) is 15.9 Å². The number of amides is 2. The number of rotatable bonds is 7. The van der Waals surface area contributed by atoms with E-state index >= 15 is 0 Å². The highest BCUT2D eigenvalue weighted by molar-refractivity contribution is 7.89. The largest absolute Gasteiger partial charge is 0.395 e. The number of sulfonamides is 1. The molecule has 1 saturated heterocycles. The van der Waals surface area contributed by atoms with Crippen LogP contribution in [0.15, 0.2) is 72.1 Å². The Morgan fingerprint density at radius 1 is 1.18 bits per heavy atom. The predicted molar refractivity (Wildman–Crippen MR) is 128 cm³/mol. The van der Waals surface area contributed by atoms with Gasteiger partial charge in [0, 0.05) is 23.0 Å². The molecule has 8 nitrogen and oxygen atoms in total. The summed E-state index contributed by atoms with van der Waals surface area (Å²) in [5.41, 5.74) is 0.465. The maximum Gasteiger partial charge on any atom is 0.265 e. The molecule has 2 unspecified atom stereocenters. The molecule has 1 aliphatic heterocycles. The number of aliphatic hydroxyl groups is 1. The molecular weight excluding hydrogens is 462 g/mol. The third kappa shape index (κ3) is 4.83. The first-order valence-electron chi connectivity index (χ1n) is 10.3. The van der Waals surface area contributed by atoms with Gasteiger partial charge in [-0.05, 0) is 54.3 Å². The number of aliphatic hydroxyl groups excluding tert-OH is 1. The van der Waals surface area contributed by atoms with Crippen molar-refractivity contribution in [1.82, 2.24) is 9.62 Å². The zero-order chi connectivity index (χ0) is 23.6. The van der Waals surface area contributed by atoms with E-state index in [9.17, 15) is 23.1 Å². The molecule has 0 radical (unpaired) electrons. The molecule has 1 aliphatic rings. The summed E-state index contributed by atoms with van der Waals surface area (Å²) in [5.74, 6) is -0.665. The smallest absolute Gasteiger partial charge is 0.265 e. The van der Waals surface area contributed by atoms with E-state index in [1.54, 1.807) is 0 Å². The molecule has 33 heavy (non-hydrogen) atoms. The van der Waals surface area contributed by atoms with Gasteiger partial charge >= 0.3 is 0 Å². The Labute approximate surface area is 195 Å². The maximum absolute atomic E-state index is 13.2. The van der Waals surface area contributed by atoms with E-state index in [0.717, 1.165) is 16.2 Å². The van der Waals surface area contributed by atoms with Gasteiger partial charge in [0.15, 0.2) is 0 Å². The Kier molecular flexibility index (Phi) is 6.61. The topological polar surface area (TPSA) is 116 Å². The molecule has 0 bridgehead atoms. The average molecular weight is 486 g/mol. The summed E-state index contributed by atoms with van der Waals surface area (Å²) < 4.78 is 28.5. The van der Waals surface area contributed by atoms with Crippen LogP contribution in [0, 0.1) is 0 Å². The van der Waals surface area contributed by atoms with Crippen LogP contribution in [-0.2, 0) is 14.8 Å². The molecule has 0 aliphatic carbocycles. The molecule has 2 atom stereocenters. The Morgan fingerprint density at radius 2 is 1.91 bits per heavy atom. The van der Waals surface area contributed by atoms with Gasteiger partial charge in [-0.25, -0.2) is 8.42 Å². The first-order chi connectivity index (χ1) is 15.8. The fourth-order valence-electron chi connectivity index (χ4n) is 3.84. The number of hydrogen-bond acceptors (Lipinski definition) is 6. The molecule has 172 valence electrons. The second-order valence-electron chi connectivity index (χ2n) is 7.68. The third-order valence-electron chi connectivity index (χ3n) is 5.47. The molecule has 0 saturated carbocycles. The Balaban J connectivity index is 1.47. The molecule has 4 rings (SSSR count). The summed E-state index contributed by atoms with van der Waals surface area (Å²) in [6, 6.07) is 14.4. The first-order valence-corrected chi connectivity index (χ1v) is 12.5. The van der Waals surface area contributed by atoms with Gasteiger partial charge in [-0.3, -0.25) is 9.59 Å².